The number of hydrogen-bond acceptors (Lipinski definition) is 5. The van der Waals surface area contributed by atoms with Crippen LogP contribution in [0.4, 0.5) is 4.39 Å². The first-order valence-electron chi connectivity index (χ1n) is 10.3. The van der Waals surface area contributed by atoms with E-state index in [-0.39, 0.29) is 36.7 Å². The van der Waals surface area contributed by atoms with Crippen molar-refractivity contribution in [2.75, 3.05) is 6.61 Å². The Morgan fingerprint density at radius 3 is 2.71 bits per heavy atom. The summed E-state index contributed by atoms with van der Waals surface area (Å²) in [6.07, 6.45) is 6.46. The Morgan fingerprint density at radius 2 is 2.07 bits per heavy atom. The number of halogens is 1. The predicted octanol–water partition coefficient (Wildman–Crippen LogP) is 3.49. The van der Waals surface area contributed by atoms with E-state index >= 15 is 4.39 Å². The molecule has 4 aliphatic rings. The normalized spacial score (nSPS) is 50.6. The standard InChI is InChI=1S/C22H31FN2O3/c1-12-8-16-15-5-4-13-9-14(24)6-7-21(13,3)22(15,23)18(27)10-20(16,2)19(12)17(11-26)25-28/h6-7,9,12,15-16,18-19,24,26-28H,4-5,8,10-11H2,1-3H3/b24-14?,25-17+/t12?,15?,16-,18?,19?,20?,21?,22-/m0/s1. The van der Waals surface area contributed by atoms with Crippen LogP contribution in [0.15, 0.2) is 29.0 Å². The third kappa shape index (κ3) is 2.25. The molecule has 0 radical (unpaired) electrons. The van der Waals surface area contributed by atoms with Crippen LogP contribution >= 0.6 is 0 Å². The van der Waals surface area contributed by atoms with E-state index in [0.717, 1.165) is 18.4 Å². The summed E-state index contributed by atoms with van der Waals surface area (Å²) in [7, 11) is 0. The average Bonchev–Trinajstić information content (AvgIpc) is 2.89. The second-order valence-electron chi connectivity index (χ2n) is 9.85. The second kappa shape index (κ2) is 6.23. The van der Waals surface area contributed by atoms with Gasteiger partial charge in [-0.05, 0) is 62.0 Å². The van der Waals surface area contributed by atoms with Crippen molar-refractivity contribution in [3.8, 4) is 0 Å². The molecule has 8 atom stereocenters. The third-order valence-corrected chi connectivity index (χ3v) is 8.66. The molecule has 6 unspecified atom stereocenters. The van der Waals surface area contributed by atoms with Crippen LogP contribution in [0.2, 0.25) is 0 Å². The summed E-state index contributed by atoms with van der Waals surface area (Å²) in [5.41, 5.74) is -1.50. The van der Waals surface area contributed by atoms with Crippen molar-refractivity contribution >= 4 is 11.4 Å². The number of allylic oxidation sites excluding steroid dienone is 4. The van der Waals surface area contributed by atoms with Gasteiger partial charge in [-0.2, -0.15) is 0 Å². The molecule has 28 heavy (non-hydrogen) atoms. The summed E-state index contributed by atoms with van der Waals surface area (Å²) in [5.74, 6) is -0.308. The van der Waals surface area contributed by atoms with Gasteiger partial charge in [0.1, 0.15) is 0 Å². The minimum Gasteiger partial charge on any atom is -0.411 e. The van der Waals surface area contributed by atoms with Crippen molar-refractivity contribution in [3.05, 3.63) is 23.8 Å². The van der Waals surface area contributed by atoms with Gasteiger partial charge in [0, 0.05) is 17.3 Å². The Labute approximate surface area is 165 Å². The fraction of sp³-hybridized carbons (Fsp3) is 0.727. The van der Waals surface area contributed by atoms with Gasteiger partial charge >= 0.3 is 0 Å². The maximum Gasteiger partial charge on any atom is 0.152 e. The largest absolute Gasteiger partial charge is 0.411 e. The van der Waals surface area contributed by atoms with Gasteiger partial charge in [-0.25, -0.2) is 4.39 Å². The monoisotopic (exact) mass is 390 g/mol. The minimum absolute atomic E-state index is 0.0392. The zero-order chi connectivity index (χ0) is 20.5. The van der Waals surface area contributed by atoms with Crippen LogP contribution in [0.3, 0.4) is 0 Å². The molecule has 5 nitrogen and oxygen atoms in total. The molecule has 0 aliphatic heterocycles. The first-order chi connectivity index (χ1) is 13.1. The lowest BCUT2D eigenvalue weighted by atomic mass is 9.45. The highest BCUT2D eigenvalue weighted by Gasteiger charge is 2.71. The van der Waals surface area contributed by atoms with Crippen LogP contribution in [0, 0.1) is 39.9 Å². The average molecular weight is 390 g/mol. The number of nitrogens with zero attached hydrogens (tertiary/aromatic N) is 1. The Hall–Kier alpha value is -1.53. The molecule has 154 valence electrons. The Balaban J connectivity index is 1.80. The summed E-state index contributed by atoms with van der Waals surface area (Å²) < 4.78 is 16.9. The Bertz CT molecular complexity index is 793. The number of fused-ring (bicyclic) bond motifs is 5. The number of rotatable bonds is 2. The molecule has 0 aromatic carbocycles. The van der Waals surface area contributed by atoms with Crippen LogP contribution in [0.1, 0.15) is 46.5 Å². The summed E-state index contributed by atoms with van der Waals surface area (Å²) in [6, 6.07) is 0. The number of oxime groups is 1. The number of hydrogen-bond donors (Lipinski definition) is 4. The van der Waals surface area contributed by atoms with Gasteiger partial charge in [-0.15, -0.1) is 0 Å². The number of aliphatic hydroxyl groups excluding tert-OH is 2. The van der Waals surface area contributed by atoms with E-state index in [1.165, 1.54) is 0 Å². The van der Waals surface area contributed by atoms with E-state index in [1.54, 1.807) is 18.2 Å². The van der Waals surface area contributed by atoms with Gasteiger partial charge in [-0.3, -0.25) is 0 Å². The van der Waals surface area contributed by atoms with Gasteiger partial charge in [0.05, 0.1) is 24.1 Å². The Morgan fingerprint density at radius 1 is 1.36 bits per heavy atom. The van der Waals surface area contributed by atoms with E-state index in [1.807, 2.05) is 6.92 Å². The van der Waals surface area contributed by atoms with Crippen molar-refractivity contribution < 1.29 is 19.8 Å². The van der Waals surface area contributed by atoms with Gasteiger partial charge in [0.25, 0.3) is 0 Å². The van der Waals surface area contributed by atoms with Gasteiger partial charge < -0.3 is 20.8 Å². The molecule has 6 heteroatoms. The summed E-state index contributed by atoms with van der Waals surface area (Å²) >= 11 is 0. The zero-order valence-electron chi connectivity index (χ0n) is 16.8. The van der Waals surface area contributed by atoms with Crippen molar-refractivity contribution in [1.82, 2.24) is 0 Å². The van der Waals surface area contributed by atoms with E-state index in [4.69, 9.17) is 5.41 Å². The molecule has 0 amide bonds. The fourth-order valence-electron chi connectivity index (χ4n) is 7.50. The summed E-state index contributed by atoms with van der Waals surface area (Å²) in [5, 5.41) is 41.7. The lowest BCUT2D eigenvalue weighted by Crippen LogP contribution is -2.66. The van der Waals surface area contributed by atoms with E-state index in [2.05, 4.69) is 19.0 Å². The molecule has 0 heterocycles. The second-order valence-corrected chi connectivity index (χ2v) is 9.85. The minimum atomic E-state index is -1.79. The van der Waals surface area contributed by atoms with E-state index in [9.17, 15) is 15.4 Å². The smallest absolute Gasteiger partial charge is 0.152 e. The van der Waals surface area contributed by atoms with Crippen molar-refractivity contribution in [3.63, 3.8) is 0 Å². The van der Waals surface area contributed by atoms with Crippen molar-refractivity contribution in [2.45, 2.75) is 58.2 Å². The maximum atomic E-state index is 16.9. The fourth-order valence-corrected chi connectivity index (χ4v) is 7.50. The zero-order valence-corrected chi connectivity index (χ0v) is 16.8. The number of nitrogens with one attached hydrogen (secondary N) is 1. The summed E-state index contributed by atoms with van der Waals surface area (Å²) in [4.78, 5) is 0. The van der Waals surface area contributed by atoms with Crippen LogP contribution in [0.5, 0.6) is 0 Å². The lowest BCUT2D eigenvalue weighted by molar-refractivity contribution is -0.191. The highest BCUT2D eigenvalue weighted by molar-refractivity contribution is 6.03. The molecule has 3 fully saturated rings. The molecule has 0 aromatic rings. The van der Waals surface area contributed by atoms with Crippen LogP contribution in [0.25, 0.3) is 0 Å². The first-order valence-corrected chi connectivity index (χ1v) is 10.3. The highest BCUT2D eigenvalue weighted by atomic mass is 19.1. The number of aliphatic hydroxyl groups is 2. The quantitative estimate of drug-likeness (QED) is 0.330. The van der Waals surface area contributed by atoms with E-state index < -0.39 is 22.6 Å². The van der Waals surface area contributed by atoms with Crippen molar-refractivity contribution in [1.29, 1.82) is 5.41 Å². The van der Waals surface area contributed by atoms with Gasteiger partial charge in [0.2, 0.25) is 0 Å². The van der Waals surface area contributed by atoms with Gasteiger partial charge in [0.15, 0.2) is 5.67 Å². The lowest BCUT2D eigenvalue weighted by Gasteiger charge is -2.62. The Kier molecular flexibility index (Phi) is 4.40. The molecule has 4 N–H and O–H groups in total. The molecule has 4 rings (SSSR count). The maximum absolute atomic E-state index is 16.9. The molecule has 3 saturated carbocycles. The van der Waals surface area contributed by atoms with Crippen LogP contribution in [-0.4, -0.2) is 45.2 Å². The summed E-state index contributed by atoms with van der Waals surface area (Å²) in [6.45, 7) is 5.67. The molecule has 4 aliphatic carbocycles. The third-order valence-electron chi connectivity index (χ3n) is 8.66. The molecule has 0 aromatic heterocycles. The van der Waals surface area contributed by atoms with Crippen molar-refractivity contribution in [2.24, 2.45) is 39.7 Å². The highest BCUT2D eigenvalue weighted by Crippen LogP contribution is 2.69. The van der Waals surface area contributed by atoms with Crippen LogP contribution in [-0.2, 0) is 0 Å². The first kappa shape index (κ1) is 19.8. The van der Waals surface area contributed by atoms with E-state index in [0.29, 0.717) is 17.8 Å². The van der Waals surface area contributed by atoms with Crippen LogP contribution < -0.4 is 0 Å². The SMILES string of the molecule is CC1C[C@H]2C3CCC4=CC(=N)C=CC4(C)[C@@]3(F)C(O)CC2(C)C1/C(CO)=N/O. The van der Waals surface area contributed by atoms with Gasteiger partial charge in [-0.1, -0.05) is 30.7 Å². The molecule has 0 bridgehead atoms. The molecular formula is C22H31FN2O3. The molecular weight excluding hydrogens is 359 g/mol. The molecule has 0 saturated heterocycles. The number of alkyl halides is 1. The molecule has 0 spiro atoms. The predicted molar refractivity (Wildman–Crippen MR) is 105 cm³/mol. The topological polar surface area (TPSA) is 96.9 Å².